The zero-order valence-corrected chi connectivity index (χ0v) is 33.8. The first kappa shape index (κ1) is 49.3. The number of rotatable bonds is 37. The fourth-order valence-electron chi connectivity index (χ4n) is 5.77. The summed E-state index contributed by atoms with van der Waals surface area (Å²) in [5.74, 6) is -0.139. The Morgan fingerprint density at radius 2 is 0.865 bits per heavy atom. The van der Waals surface area contributed by atoms with Crippen LogP contribution in [0.15, 0.2) is 97.2 Å². The van der Waals surface area contributed by atoms with Crippen molar-refractivity contribution in [2.75, 3.05) is 6.61 Å². The van der Waals surface area contributed by atoms with Crippen LogP contribution < -0.4 is 5.32 Å². The van der Waals surface area contributed by atoms with E-state index in [0.717, 1.165) is 70.6 Å². The predicted octanol–water partition coefficient (Wildman–Crippen LogP) is 13.5. The SMILES string of the molecule is CC/C=C\C/C=C\C/C=C\C/C=C\C/C=C\CCCC(=O)NC(CO)C(O)/C=C/CC/C=C/CC/C=C/CCCCCCCCCCCCCCC. The average molecular weight is 720 g/mol. The molecule has 0 spiro atoms. The van der Waals surface area contributed by atoms with Crippen LogP contribution in [-0.2, 0) is 4.79 Å². The summed E-state index contributed by atoms with van der Waals surface area (Å²) in [5, 5.41) is 22.9. The van der Waals surface area contributed by atoms with Gasteiger partial charge in [0.15, 0.2) is 0 Å². The van der Waals surface area contributed by atoms with E-state index in [1.807, 2.05) is 6.08 Å². The van der Waals surface area contributed by atoms with Crippen molar-refractivity contribution in [1.82, 2.24) is 5.32 Å². The molecule has 0 aliphatic heterocycles. The second kappa shape index (κ2) is 42.7. The minimum absolute atomic E-state index is 0.139. The van der Waals surface area contributed by atoms with Gasteiger partial charge in [-0.05, 0) is 83.5 Å². The summed E-state index contributed by atoms with van der Waals surface area (Å²) in [6.07, 6.45) is 63.8. The zero-order chi connectivity index (χ0) is 37.8. The van der Waals surface area contributed by atoms with Crippen molar-refractivity contribution >= 4 is 5.91 Å². The molecule has 0 bridgehead atoms. The lowest BCUT2D eigenvalue weighted by Crippen LogP contribution is -2.45. The molecule has 0 aliphatic carbocycles. The van der Waals surface area contributed by atoms with E-state index < -0.39 is 12.1 Å². The van der Waals surface area contributed by atoms with E-state index in [1.165, 1.54) is 89.9 Å². The van der Waals surface area contributed by atoms with Gasteiger partial charge >= 0.3 is 0 Å². The first-order valence-corrected chi connectivity index (χ1v) is 21.5. The van der Waals surface area contributed by atoms with Gasteiger partial charge < -0.3 is 15.5 Å². The van der Waals surface area contributed by atoms with Crippen LogP contribution in [-0.4, -0.2) is 34.9 Å². The monoisotopic (exact) mass is 720 g/mol. The number of aliphatic hydroxyl groups is 2. The molecule has 2 unspecified atom stereocenters. The number of hydrogen-bond acceptors (Lipinski definition) is 3. The van der Waals surface area contributed by atoms with Gasteiger partial charge in [-0.25, -0.2) is 0 Å². The summed E-state index contributed by atoms with van der Waals surface area (Å²) in [6.45, 7) is 4.14. The summed E-state index contributed by atoms with van der Waals surface area (Å²) >= 11 is 0. The van der Waals surface area contributed by atoms with Gasteiger partial charge in [-0.2, -0.15) is 0 Å². The van der Waals surface area contributed by atoms with E-state index in [9.17, 15) is 15.0 Å². The molecule has 4 nitrogen and oxygen atoms in total. The van der Waals surface area contributed by atoms with Crippen LogP contribution in [0.4, 0.5) is 0 Å². The van der Waals surface area contributed by atoms with Gasteiger partial charge in [0, 0.05) is 6.42 Å². The minimum Gasteiger partial charge on any atom is -0.394 e. The molecule has 0 aromatic rings. The Balaban J connectivity index is 3.77. The molecule has 0 radical (unpaired) electrons. The maximum absolute atomic E-state index is 12.3. The molecular weight excluding hydrogens is 639 g/mol. The Bertz CT molecular complexity index is 999. The molecule has 0 fully saturated rings. The van der Waals surface area contributed by atoms with Crippen molar-refractivity contribution in [3.8, 4) is 0 Å². The average Bonchev–Trinajstić information content (AvgIpc) is 3.15. The zero-order valence-electron chi connectivity index (χ0n) is 33.8. The highest BCUT2D eigenvalue weighted by Crippen LogP contribution is 2.13. The minimum atomic E-state index is -0.899. The van der Waals surface area contributed by atoms with Crippen LogP contribution in [0.1, 0.15) is 181 Å². The molecule has 0 aliphatic rings. The second-order valence-corrected chi connectivity index (χ2v) is 14.0. The first-order chi connectivity index (χ1) is 25.7. The molecule has 0 heterocycles. The summed E-state index contributed by atoms with van der Waals surface area (Å²) in [6, 6.07) is -0.681. The molecule has 3 N–H and O–H groups in total. The van der Waals surface area contributed by atoms with E-state index in [1.54, 1.807) is 6.08 Å². The first-order valence-electron chi connectivity index (χ1n) is 21.5. The Kier molecular flexibility index (Phi) is 40.5. The van der Waals surface area contributed by atoms with Crippen LogP contribution in [0.2, 0.25) is 0 Å². The van der Waals surface area contributed by atoms with E-state index in [0.29, 0.717) is 6.42 Å². The van der Waals surface area contributed by atoms with Crippen molar-refractivity contribution < 1.29 is 15.0 Å². The van der Waals surface area contributed by atoms with Crippen LogP contribution in [0, 0.1) is 0 Å². The number of carbonyl (C=O) groups is 1. The molecular formula is C48H81NO3. The molecule has 0 rings (SSSR count). The van der Waals surface area contributed by atoms with Gasteiger partial charge in [0.2, 0.25) is 5.91 Å². The third-order valence-electron chi connectivity index (χ3n) is 9.03. The van der Waals surface area contributed by atoms with Gasteiger partial charge in [-0.3, -0.25) is 4.79 Å². The molecule has 0 saturated carbocycles. The fraction of sp³-hybridized carbons (Fsp3) is 0.646. The number of unbranched alkanes of at least 4 members (excludes halogenated alkanes) is 16. The lowest BCUT2D eigenvalue weighted by Gasteiger charge is -2.19. The Hall–Kier alpha value is -2.69. The van der Waals surface area contributed by atoms with E-state index in [4.69, 9.17) is 0 Å². The summed E-state index contributed by atoms with van der Waals surface area (Å²) < 4.78 is 0. The summed E-state index contributed by atoms with van der Waals surface area (Å²) in [7, 11) is 0. The van der Waals surface area contributed by atoms with Crippen molar-refractivity contribution in [3.05, 3.63) is 97.2 Å². The van der Waals surface area contributed by atoms with Crippen LogP contribution in [0.5, 0.6) is 0 Å². The van der Waals surface area contributed by atoms with E-state index in [2.05, 4.69) is 104 Å². The normalized spacial score (nSPS) is 14.0. The van der Waals surface area contributed by atoms with Crippen molar-refractivity contribution in [3.63, 3.8) is 0 Å². The fourth-order valence-corrected chi connectivity index (χ4v) is 5.77. The molecule has 1 amide bonds. The number of hydrogen-bond donors (Lipinski definition) is 3. The molecule has 0 saturated heterocycles. The highest BCUT2D eigenvalue weighted by Gasteiger charge is 2.17. The molecule has 0 aromatic carbocycles. The van der Waals surface area contributed by atoms with Crippen molar-refractivity contribution in [2.45, 2.75) is 193 Å². The number of nitrogens with one attached hydrogen (secondary N) is 1. The van der Waals surface area contributed by atoms with Crippen molar-refractivity contribution in [2.24, 2.45) is 0 Å². The van der Waals surface area contributed by atoms with Crippen LogP contribution in [0.3, 0.4) is 0 Å². The largest absolute Gasteiger partial charge is 0.394 e. The van der Waals surface area contributed by atoms with Gasteiger partial charge in [-0.1, -0.05) is 188 Å². The van der Waals surface area contributed by atoms with Gasteiger partial charge in [0.1, 0.15) is 0 Å². The molecule has 2 atom stereocenters. The number of allylic oxidation sites excluding steroid dienone is 15. The van der Waals surface area contributed by atoms with Gasteiger partial charge in [0.05, 0.1) is 18.8 Å². The highest BCUT2D eigenvalue weighted by atomic mass is 16.3. The second-order valence-electron chi connectivity index (χ2n) is 14.0. The Labute approximate surface area is 322 Å². The maximum atomic E-state index is 12.3. The van der Waals surface area contributed by atoms with E-state index in [-0.39, 0.29) is 12.5 Å². The highest BCUT2D eigenvalue weighted by molar-refractivity contribution is 5.76. The van der Waals surface area contributed by atoms with Crippen LogP contribution >= 0.6 is 0 Å². The topological polar surface area (TPSA) is 69.6 Å². The third-order valence-corrected chi connectivity index (χ3v) is 9.03. The number of carbonyl (C=O) groups excluding carboxylic acids is 1. The van der Waals surface area contributed by atoms with Gasteiger partial charge in [0.25, 0.3) is 0 Å². The summed E-state index contributed by atoms with van der Waals surface area (Å²) in [5.41, 5.74) is 0. The molecule has 296 valence electrons. The number of aliphatic hydroxyl groups excluding tert-OH is 2. The lowest BCUT2D eigenvalue weighted by molar-refractivity contribution is -0.122. The quantitative estimate of drug-likeness (QED) is 0.0442. The lowest BCUT2D eigenvalue weighted by atomic mass is 10.0. The standard InChI is InChI=1S/C48H81NO3/c1-3-5-7-9-11-13-15-17-19-21-22-23-24-25-26-28-29-31-33-35-37-39-41-43-47(51)46(45-50)49-48(52)44-42-40-38-36-34-32-30-27-20-18-16-14-12-10-8-6-4-2/h6,8,12,14,18,20,26,28,30,32-33,35-36,38,41,43,46-47,50-51H,3-5,7,9-11,13,15-17,19,21-25,27,29,31,34,37,39-40,42,44-45H2,1-2H3,(H,49,52)/b8-6-,14-12-,20-18-,28-26+,32-30-,35-33+,38-36-,43-41+. The molecule has 4 heteroatoms. The molecule has 0 aromatic heterocycles. The maximum Gasteiger partial charge on any atom is 0.220 e. The molecule has 52 heavy (non-hydrogen) atoms. The predicted molar refractivity (Wildman–Crippen MR) is 230 cm³/mol. The Morgan fingerprint density at radius 1 is 0.481 bits per heavy atom. The van der Waals surface area contributed by atoms with Crippen molar-refractivity contribution in [1.29, 1.82) is 0 Å². The number of amides is 1. The Morgan fingerprint density at radius 3 is 1.35 bits per heavy atom. The van der Waals surface area contributed by atoms with Gasteiger partial charge in [-0.15, -0.1) is 0 Å². The van der Waals surface area contributed by atoms with Crippen LogP contribution in [0.25, 0.3) is 0 Å². The van der Waals surface area contributed by atoms with E-state index >= 15 is 0 Å². The third kappa shape index (κ3) is 38.5. The smallest absolute Gasteiger partial charge is 0.220 e. The summed E-state index contributed by atoms with van der Waals surface area (Å²) in [4.78, 5) is 12.3.